The molecule has 0 aromatic heterocycles. The van der Waals surface area contributed by atoms with Crippen LogP contribution in [0.25, 0.3) is 5.57 Å². The summed E-state index contributed by atoms with van der Waals surface area (Å²) in [6.45, 7) is 6.79. The molecule has 7 nitrogen and oxygen atoms in total. The Labute approximate surface area is 147 Å². The van der Waals surface area contributed by atoms with E-state index < -0.39 is 5.91 Å². The van der Waals surface area contributed by atoms with Crippen molar-refractivity contribution in [1.82, 2.24) is 0 Å². The summed E-state index contributed by atoms with van der Waals surface area (Å²) in [6, 6.07) is 1.89. The number of hydrogen-bond donors (Lipinski definition) is 1. The summed E-state index contributed by atoms with van der Waals surface area (Å²) in [6.07, 6.45) is 2.79. The first-order valence-electron chi connectivity index (χ1n) is 8.15. The monoisotopic (exact) mass is 347 g/mol. The molecule has 0 fully saturated rings. The van der Waals surface area contributed by atoms with Crippen molar-refractivity contribution in [3.8, 4) is 11.5 Å². The molecule has 25 heavy (non-hydrogen) atoms. The summed E-state index contributed by atoms with van der Waals surface area (Å²) in [5.74, 6) is 0.486. The number of nitroso groups, excluding NO2 is 1. The molecular formula is C18H25N3O4. The fraction of sp³-hybridized carbons (Fsp3) is 0.500. The molecule has 0 saturated heterocycles. The first-order chi connectivity index (χ1) is 11.8. The van der Waals surface area contributed by atoms with Gasteiger partial charge in [-0.25, -0.2) is 0 Å². The number of nitrogens with two attached hydrogens (primary N) is 1. The van der Waals surface area contributed by atoms with Gasteiger partial charge < -0.3 is 20.1 Å². The average molecular weight is 347 g/mol. The molecule has 1 aromatic carbocycles. The Hall–Kier alpha value is -2.57. The molecule has 2 rings (SSSR count). The van der Waals surface area contributed by atoms with Crippen LogP contribution < -0.4 is 20.1 Å². The third kappa shape index (κ3) is 3.45. The zero-order valence-electron chi connectivity index (χ0n) is 15.4. The molecule has 1 heterocycles. The van der Waals surface area contributed by atoms with Crippen molar-refractivity contribution >= 4 is 22.9 Å². The van der Waals surface area contributed by atoms with Crippen LogP contribution in [0, 0.1) is 4.91 Å². The highest BCUT2D eigenvalue weighted by Gasteiger charge is 2.34. The van der Waals surface area contributed by atoms with E-state index in [9.17, 15) is 9.70 Å². The van der Waals surface area contributed by atoms with E-state index in [1.54, 1.807) is 14.2 Å². The van der Waals surface area contributed by atoms with Crippen LogP contribution in [0.15, 0.2) is 17.3 Å². The predicted octanol–water partition coefficient (Wildman–Crippen LogP) is 3.36. The van der Waals surface area contributed by atoms with Crippen molar-refractivity contribution in [3.63, 3.8) is 0 Å². The minimum Gasteiger partial charge on any atom is -0.494 e. The van der Waals surface area contributed by atoms with E-state index >= 15 is 0 Å². The predicted molar refractivity (Wildman–Crippen MR) is 99.1 cm³/mol. The number of ether oxygens (including phenoxy) is 2. The van der Waals surface area contributed by atoms with Crippen LogP contribution in [0.1, 0.15) is 39.2 Å². The van der Waals surface area contributed by atoms with Crippen LogP contribution in [-0.2, 0) is 4.79 Å². The first kappa shape index (κ1) is 18.8. The maximum absolute atomic E-state index is 11.2. The number of allylic oxidation sites excluding steroid dienone is 1. The van der Waals surface area contributed by atoms with E-state index in [4.69, 9.17) is 15.2 Å². The van der Waals surface area contributed by atoms with Crippen molar-refractivity contribution in [2.24, 2.45) is 5.18 Å². The number of nitrogens with zero attached hydrogens (tertiary/aromatic N) is 2. The van der Waals surface area contributed by atoms with Crippen LogP contribution in [0.3, 0.4) is 0 Å². The smallest absolute Gasteiger partial charge is 0.286 e. The standard InChI is InChI=1S/C18H25N3O4/c1-11-10-18(2,3)21(8-6-7-14(22)20-23)12-9-13(24-4)16(19)17(25-5)15(11)12/h9-10H,6-8,19H2,1-5H3. The number of carbonyl (C=O) groups excluding carboxylic acids is 1. The molecule has 1 aromatic rings. The molecule has 7 heteroatoms. The van der Waals surface area contributed by atoms with Gasteiger partial charge >= 0.3 is 0 Å². The van der Waals surface area contributed by atoms with Gasteiger partial charge in [0.15, 0.2) is 5.75 Å². The molecule has 2 N–H and O–H groups in total. The SMILES string of the molecule is COc1cc2c(c(OC)c1N)C(C)=CC(C)(C)N2CCCC(=O)N=O. The number of hydrogen-bond acceptors (Lipinski definition) is 6. The molecule has 0 bridgehead atoms. The highest BCUT2D eigenvalue weighted by molar-refractivity contribution is 5.90. The minimum absolute atomic E-state index is 0.122. The largest absolute Gasteiger partial charge is 0.494 e. The fourth-order valence-corrected chi connectivity index (χ4v) is 3.44. The van der Waals surface area contributed by atoms with Crippen molar-refractivity contribution in [2.45, 2.75) is 39.2 Å². The molecular weight excluding hydrogens is 322 g/mol. The van der Waals surface area contributed by atoms with Gasteiger partial charge in [-0.2, -0.15) is 0 Å². The van der Waals surface area contributed by atoms with Crippen LogP contribution in [0.2, 0.25) is 0 Å². The lowest BCUT2D eigenvalue weighted by Crippen LogP contribution is -2.45. The number of rotatable bonds is 6. The van der Waals surface area contributed by atoms with Gasteiger partial charge in [0.25, 0.3) is 5.91 Å². The van der Waals surface area contributed by atoms with Crippen LogP contribution >= 0.6 is 0 Å². The van der Waals surface area contributed by atoms with Crippen molar-refractivity contribution in [3.05, 3.63) is 22.6 Å². The second kappa shape index (κ2) is 7.13. The maximum Gasteiger partial charge on any atom is 0.286 e. The van der Waals surface area contributed by atoms with E-state index in [1.807, 2.05) is 13.0 Å². The molecule has 0 atom stereocenters. The molecule has 0 aliphatic carbocycles. The van der Waals surface area contributed by atoms with E-state index in [0.717, 1.165) is 16.8 Å². The lowest BCUT2D eigenvalue weighted by atomic mass is 9.87. The van der Waals surface area contributed by atoms with E-state index in [0.29, 0.717) is 30.2 Å². The van der Waals surface area contributed by atoms with Gasteiger partial charge in [-0.05, 0) is 32.8 Å². The normalized spacial score (nSPS) is 15.2. The number of fused-ring (bicyclic) bond motifs is 1. The molecule has 136 valence electrons. The van der Waals surface area contributed by atoms with Gasteiger partial charge in [-0.3, -0.25) is 4.79 Å². The molecule has 1 amide bonds. The Bertz CT molecular complexity index is 726. The van der Waals surface area contributed by atoms with Gasteiger partial charge in [0.2, 0.25) is 0 Å². The molecule has 0 radical (unpaired) electrons. The summed E-state index contributed by atoms with van der Waals surface area (Å²) in [7, 11) is 3.14. The molecule has 0 saturated carbocycles. The molecule has 0 spiro atoms. The van der Waals surface area contributed by atoms with E-state index in [2.05, 4.69) is 30.0 Å². The van der Waals surface area contributed by atoms with E-state index in [-0.39, 0.29) is 12.0 Å². The number of benzene rings is 1. The van der Waals surface area contributed by atoms with E-state index in [1.165, 1.54) is 0 Å². The molecule has 1 aliphatic rings. The van der Waals surface area contributed by atoms with Crippen molar-refractivity contribution in [1.29, 1.82) is 0 Å². The Kier molecular flexibility index (Phi) is 5.35. The summed E-state index contributed by atoms with van der Waals surface area (Å²) >= 11 is 0. The summed E-state index contributed by atoms with van der Waals surface area (Å²) in [5, 5.41) is 2.45. The Morgan fingerprint density at radius 3 is 2.56 bits per heavy atom. The van der Waals surface area contributed by atoms with Crippen LogP contribution in [-0.4, -0.2) is 32.2 Å². The maximum atomic E-state index is 11.2. The number of amides is 1. The van der Waals surface area contributed by atoms with Crippen molar-refractivity contribution in [2.75, 3.05) is 31.4 Å². The molecule has 0 unspecified atom stereocenters. The highest BCUT2D eigenvalue weighted by Crippen LogP contribution is 2.49. The second-order valence-electron chi connectivity index (χ2n) is 6.64. The number of nitrogen functional groups attached to an aromatic ring is 1. The molecule has 1 aliphatic heterocycles. The summed E-state index contributed by atoms with van der Waals surface area (Å²) in [5.41, 5.74) is 9.26. The minimum atomic E-state index is -0.630. The topological polar surface area (TPSA) is 94.2 Å². The highest BCUT2D eigenvalue weighted by atomic mass is 16.5. The fourth-order valence-electron chi connectivity index (χ4n) is 3.44. The zero-order chi connectivity index (χ0) is 18.8. The van der Waals surface area contributed by atoms with Gasteiger partial charge in [0.1, 0.15) is 11.4 Å². The third-order valence-corrected chi connectivity index (χ3v) is 4.51. The van der Waals surface area contributed by atoms with Crippen LogP contribution in [0.5, 0.6) is 11.5 Å². The average Bonchev–Trinajstić information content (AvgIpc) is 2.56. The van der Waals surface area contributed by atoms with Crippen LogP contribution in [0.4, 0.5) is 11.4 Å². The Morgan fingerprint density at radius 1 is 1.32 bits per heavy atom. The van der Waals surface area contributed by atoms with Gasteiger partial charge in [0, 0.05) is 29.8 Å². The second-order valence-corrected chi connectivity index (χ2v) is 6.64. The quantitative estimate of drug-likeness (QED) is 0.626. The van der Waals surface area contributed by atoms with Crippen molar-refractivity contribution < 1.29 is 14.3 Å². The summed E-state index contributed by atoms with van der Waals surface area (Å²) < 4.78 is 11.0. The third-order valence-electron chi connectivity index (χ3n) is 4.51. The lowest BCUT2D eigenvalue weighted by Gasteiger charge is -2.44. The van der Waals surface area contributed by atoms with Gasteiger partial charge in [-0.15, -0.1) is 4.91 Å². The van der Waals surface area contributed by atoms with Gasteiger partial charge in [0.05, 0.1) is 25.4 Å². The number of carbonyl (C=O) groups is 1. The van der Waals surface area contributed by atoms with Gasteiger partial charge in [-0.1, -0.05) is 6.08 Å². The Morgan fingerprint density at radius 2 is 2.00 bits per heavy atom. The summed E-state index contributed by atoms with van der Waals surface area (Å²) in [4.78, 5) is 23.6. The Balaban J connectivity index is 2.52. The first-order valence-corrected chi connectivity index (χ1v) is 8.15. The zero-order valence-corrected chi connectivity index (χ0v) is 15.4. The number of methoxy groups -OCH3 is 2. The number of anilines is 2. The lowest BCUT2D eigenvalue weighted by molar-refractivity contribution is -0.118.